The number of likely N-dealkylation sites (tertiary alicyclic amines) is 1. The summed E-state index contributed by atoms with van der Waals surface area (Å²) in [7, 11) is 0. The standard InChI is InChI=1S/C25H27FN4O2/c1-18-15-23(31)24(28-30(18)22-12-6-5-11-21(22)26)25(32)27-16-19-9-3-4-10-20(19)17-29-13-7-2-8-14-29/h3-6,9-12,15H,2,7-8,13-14,16-17H2,1H3,(H,27,32). The molecule has 0 aliphatic carbocycles. The van der Waals surface area contributed by atoms with Crippen LogP contribution in [-0.2, 0) is 13.1 Å². The van der Waals surface area contributed by atoms with E-state index in [2.05, 4.69) is 21.4 Å². The first kappa shape index (κ1) is 21.9. The number of carbonyl (C=O) groups excluding carboxylic acids is 1. The lowest BCUT2D eigenvalue weighted by atomic mass is 10.0. The van der Waals surface area contributed by atoms with Crippen LogP contribution in [0.15, 0.2) is 59.4 Å². The van der Waals surface area contributed by atoms with E-state index in [0.717, 1.165) is 30.8 Å². The fourth-order valence-electron chi connectivity index (χ4n) is 4.07. The van der Waals surface area contributed by atoms with Crippen LogP contribution >= 0.6 is 0 Å². The van der Waals surface area contributed by atoms with Crippen LogP contribution in [0.5, 0.6) is 0 Å². The van der Waals surface area contributed by atoms with Gasteiger partial charge in [0, 0.05) is 24.8 Å². The van der Waals surface area contributed by atoms with Crippen molar-refractivity contribution in [3.05, 3.63) is 93.2 Å². The Morgan fingerprint density at radius 3 is 2.47 bits per heavy atom. The Bertz CT molecular complexity index is 1170. The molecule has 1 aliphatic rings. The average Bonchev–Trinajstić information content (AvgIpc) is 2.80. The Hall–Kier alpha value is -3.32. The number of carbonyl (C=O) groups is 1. The molecule has 0 spiro atoms. The Labute approximate surface area is 186 Å². The third-order valence-electron chi connectivity index (χ3n) is 5.80. The van der Waals surface area contributed by atoms with Gasteiger partial charge in [-0.2, -0.15) is 5.10 Å². The first-order valence-electron chi connectivity index (χ1n) is 11.0. The van der Waals surface area contributed by atoms with Crippen molar-refractivity contribution in [2.75, 3.05) is 13.1 Å². The maximum Gasteiger partial charge on any atom is 0.276 e. The van der Waals surface area contributed by atoms with Crippen molar-refractivity contribution in [2.24, 2.45) is 0 Å². The van der Waals surface area contributed by atoms with Crippen molar-refractivity contribution in [3.8, 4) is 5.69 Å². The third kappa shape index (κ3) is 4.94. The molecular weight excluding hydrogens is 407 g/mol. The van der Waals surface area contributed by atoms with Gasteiger partial charge < -0.3 is 5.32 Å². The molecule has 0 saturated carbocycles. The number of benzene rings is 2. The second-order valence-electron chi connectivity index (χ2n) is 8.15. The third-order valence-corrected chi connectivity index (χ3v) is 5.80. The monoisotopic (exact) mass is 434 g/mol. The van der Waals surface area contributed by atoms with Gasteiger partial charge in [-0.05, 0) is 56.1 Å². The highest BCUT2D eigenvalue weighted by atomic mass is 19.1. The van der Waals surface area contributed by atoms with Gasteiger partial charge in [0.25, 0.3) is 5.91 Å². The Kier molecular flexibility index (Phi) is 6.75. The molecule has 0 radical (unpaired) electrons. The van der Waals surface area contributed by atoms with Crippen molar-refractivity contribution in [2.45, 2.75) is 39.3 Å². The normalized spacial score (nSPS) is 14.3. The maximum atomic E-state index is 14.3. The number of piperidine rings is 1. The summed E-state index contributed by atoms with van der Waals surface area (Å²) in [4.78, 5) is 27.7. The van der Waals surface area contributed by atoms with Gasteiger partial charge in [0.2, 0.25) is 5.43 Å². The van der Waals surface area contributed by atoms with Gasteiger partial charge in [-0.1, -0.05) is 42.8 Å². The number of aryl methyl sites for hydroxylation is 1. The lowest BCUT2D eigenvalue weighted by Gasteiger charge is -2.27. The van der Waals surface area contributed by atoms with Gasteiger partial charge in [-0.25, -0.2) is 9.07 Å². The van der Waals surface area contributed by atoms with E-state index in [-0.39, 0.29) is 17.9 Å². The van der Waals surface area contributed by atoms with E-state index in [0.29, 0.717) is 5.69 Å². The Morgan fingerprint density at radius 2 is 1.72 bits per heavy atom. The zero-order chi connectivity index (χ0) is 22.5. The maximum absolute atomic E-state index is 14.3. The molecular formula is C25H27FN4O2. The zero-order valence-electron chi connectivity index (χ0n) is 18.2. The smallest absolute Gasteiger partial charge is 0.276 e. The quantitative estimate of drug-likeness (QED) is 0.644. The van der Waals surface area contributed by atoms with Crippen LogP contribution in [0, 0.1) is 12.7 Å². The Morgan fingerprint density at radius 1 is 1.03 bits per heavy atom. The number of rotatable bonds is 6. The Balaban J connectivity index is 1.52. The summed E-state index contributed by atoms with van der Waals surface area (Å²) in [6.45, 7) is 4.96. The van der Waals surface area contributed by atoms with Crippen LogP contribution in [0.3, 0.4) is 0 Å². The highest BCUT2D eigenvalue weighted by Crippen LogP contribution is 2.17. The van der Waals surface area contributed by atoms with Gasteiger partial charge in [0.05, 0.1) is 0 Å². The first-order chi connectivity index (χ1) is 15.5. The molecule has 1 aliphatic heterocycles. The van der Waals surface area contributed by atoms with Crippen LogP contribution in [0.2, 0.25) is 0 Å². The number of hydrogen-bond acceptors (Lipinski definition) is 4. The number of nitrogens with one attached hydrogen (secondary N) is 1. The van der Waals surface area contributed by atoms with Crippen molar-refractivity contribution < 1.29 is 9.18 Å². The number of nitrogens with zero attached hydrogens (tertiary/aromatic N) is 3. The summed E-state index contributed by atoms with van der Waals surface area (Å²) in [6.07, 6.45) is 3.71. The minimum Gasteiger partial charge on any atom is -0.346 e. The topological polar surface area (TPSA) is 67.2 Å². The molecule has 2 aromatic carbocycles. The molecule has 0 unspecified atom stereocenters. The van der Waals surface area contributed by atoms with E-state index in [9.17, 15) is 14.0 Å². The van der Waals surface area contributed by atoms with Crippen molar-refractivity contribution in [3.63, 3.8) is 0 Å². The fourth-order valence-corrected chi connectivity index (χ4v) is 4.07. The summed E-state index contributed by atoms with van der Waals surface area (Å²) in [5, 5.41) is 6.99. The predicted octanol–water partition coefficient (Wildman–Crippen LogP) is 3.60. The minimum absolute atomic E-state index is 0.186. The summed E-state index contributed by atoms with van der Waals surface area (Å²) in [5.41, 5.74) is 2.05. The molecule has 1 amide bonds. The molecule has 2 heterocycles. The van der Waals surface area contributed by atoms with Crippen LogP contribution in [0.4, 0.5) is 4.39 Å². The second-order valence-corrected chi connectivity index (χ2v) is 8.15. The predicted molar refractivity (Wildman–Crippen MR) is 121 cm³/mol. The van der Waals surface area contributed by atoms with E-state index >= 15 is 0 Å². The second kappa shape index (κ2) is 9.87. The minimum atomic E-state index is -0.576. The van der Waals surface area contributed by atoms with Crippen molar-refractivity contribution >= 4 is 5.91 Å². The molecule has 3 aromatic rings. The molecule has 7 heteroatoms. The molecule has 0 atom stereocenters. The van der Waals surface area contributed by atoms with Crippen molar-refractivity contribution in [1.29, 1.82) is 0 Å². The molecule has 4 rings (SSSR count). The van der Waals surface area contributed by atoms with Gasteiger partial charge in [-0.3, -0.25) is 14.5 Å². The highest BCUT2D eigenvalue weighted by molar-refractivity contribution is 5.92. The lowest BCUT2D eigenvalue weighted by molar-refractivity contribution is 0.0942. The average molecular weight is 435 g/mol. The zero-order valence-corrected chi connectivity index (χ0v) is 18.2. The largest absolute Gasteiger partial charge is 0.346 e. The molecule has 1 N–H and O–H groups in total. The van der Waals surface area contributed by atoms with E-state index in [1.54, 1.807) is 25.1 Å². The summed E-state index contributed by atoms with van der Waals surface area (Å²) in [6, 6.07) is 15.4. The number of aromatic nitrogens is 2. The SMILES string of the molecule is Cc1cc(=O)c(C(=O)NCc2ccccc2CN2CCCCC2)nn1-c1ccccc1F. The molecule has 0 bridgehead atoms. The van der Waals surface area contributed by atoms with E-state index in [1.165, 1.54) is 36.1 Å². The summed E-state index contributed by atoms with van der Waals surface area (Å²) >= 11 is 0. The van der Waals surface area contributed by atoms with Gasteiger partial charge >= 0.3 is 0 Å². The fraction of sp³-hybridized carbons (Fsp3) is 0.320. The van der Waals surface area contributed by atoms with Crippen LogP contribution in [0.25, 0.3) is 5.69 Å². The van der Waals surface area contributed by atoms with Gasteiger partial charge in [0.1, 0.15) is 11.5 Å². The molecule has 6 nitrogen and oxygen atoms in total. The van der Waals surface area contributed by atoms with E-state index in [1.807, 2.05) is 18.2 Å². The molecule has 1 aromatic heterocycles. The molecule has 1 fully saturated rings. The van der Waals surface area contributed by atoms with Crippen LogP contribution in [-0.4, -0.2) is 33.7 Å². The molecule has 32 heavy (non-hydrogen) atoms. The number of halogens is 1. The van der Waals surface area contributed by atoms with E-state index < -0.39 is 17.2 Å². The van der Waals surface area contributed by atoms with E-state index in [4.69, 9.17) is 0 Å². The van der Waals surface area contributed by atoms with Crippen LogP contribution in [0.1, 0.15) is 46.6 Å². The number of para-hydroxylation sites is 1. The highest BCUT2D eigenvalue weighted by Gasteiger charge is 2.18. The van der Waals surface area contributed by atoms with Gasteiger partial charge in [-0.15, -0.1) is 0 Å². The van der Waals surface area contributed by atoms with Crippen molar-refractivity contribution in [1.82, 2.24) is 20.0 Å². The number of amides is 1. The van der Waals surface area contributed by atoms with Gasteiger partial charge in [0.15, 0.2) is 5.69 Å². The first-order valence-corrected chi connectivity index (χ1v) is 11.0. The lowest BCUT2D eigenvalue weighted by Crippen LogP contribution is -2.33. The summed E-state index contributed by atoms with van der Waals surface area (Å²) < 4.78 is 15.5. The molecule has 166 valence electrons. The number of hydrogen-bond donors (Lipinski definition) is 1. The van der Waals surface area contributed by atoms with Crippen LogP contribution < -0.4 is 10.7 Å². The summed E-state index contributed by atoms with van der Waals surface area (Å²) in [5.74, 6) is -1.06. The molecule has 1 saturated heterocycles.